The number of esters is 1. The smallest absolute Gasteiger partial charge is 0.338 e. The van der Waals surface area contributed by atoms with Gasteiger partial charge in [0.2, 0.25) is 12.0 Å². The first-order valence-corrected chi connectivity index (χ1v) is 13.2. The van der Waals surface area contributed by atoms with Crippen LogP contribution in [0.25, 0.3) is 0 Å². The van der Waals surface area contributed by atoms with E-state index in [0.29, 0.717) is 11.5 Å². The van der Waals surface area contributed by atoms with Gasteiger partial charge >= 0.3 is 5.97 Å². The maximum absolute atomic E-state index is 12.4. The number of benzene rings is 2. The SMILES string of the molecule is COc1ccc(C(=O)OC[C@@]2(O)CO[C@@H](OC[C@H]3O[C@@H](Oc4cc(OC)c(OC)c(OC)c4)[C@H](O)[C@@H](O)[C@@H]3O)[C@@H]2O)cc1. The molecule has 2 heterocycles. The monoisotopic (exact) mass is 612 g/mol. The predicted molar refractivity (Wildman–Crippen MR) is 143 cm³/mol. The van der Waals surface area contributed by atoms with Crippen molar-refractivity contribution in [2.75, 3.05) is 48.3 Å². The molecule has 238 valence electrons. The van der Waals surface area contributed by atoms with E-state index in [0.717, 1.165) is 0 Å². The number of hydrogen-bond acceptors (Lipinski definition) is 15. The Morgan fingerprint density at radius 2 is 1.51 bits per heavy atom. The second-order valence-corrected chi connectivity index (χ2v) is 9.86. The zero-order valence-electron chi connectivity index (χ0n) is 23.9. The van der Waals surface area contributed by atoms with Gasteiger partial charge in [-0.05, 0) is 24.3 Å². The number of rotatable bonds is 12. The fraction of sp³-hybridized carbons (Fsp3) is 0.536. The molecule has 0 amide bonds. The minimum absolute atomic E-state index is 0.130. The van der Waals surface area contributed by atoms with Crippen molar-refractivity contribution in [2.45, 2.75) is 48.7 Å². The van der Waals surface area contributed by atoms with E-state index >= 15 is 0 Å². The first-order chi connectivity index (χ1) is 20.5. The number of carbonyl (C=O) groups is 1. The molecule has 4 rings (SSSR count). The highest BCUT2D eigenvalue weighted by molar-refractivity contribution is 5.89. The standard InChI is InChI=1S/C28H36O15/c1-35-15-7-5-14(6-8-15)25(33)40-12-28(34)13-41-27(24(28)32)39-11-19-20(29)21(30)22(31)26(43-19)42-16-9-17(36-2)23(38-4)18(10-16)37-3/h5-10,19-22,24,26-27,29-32,34H,11-13H2,1-4H3/t19-,20-,21+,22-,24+,26-,27-,28-/m1/s1. The third-order valence-electron chi connectivity index (χ3n) is 7.07. The molecule has 43 heavy (non-hydrogen) atoms. The average Bonchev–Trinajstić information content (AvgIpc) is 3.31. The Morgan fingerprint density at radius 1 is 0.860 bits per heavy atom. The van der Waals surface area contributed by atoms with Crippen LogP contribution >= 0.6 is 0 Å². The summed E-state index contributed by atoms with van der Waals surface area (Å²) >= 11 is 0. The van der Waals surface area contributed by atoms with Gasteiger partial charge in [0.15, 0.2) is 23.4 Å². The Hall–Kier alpha value is -3.41. The molecule has 8 atom stereocenters. The normalized spacial score (nSPS) is 30.4. The Bertz CT molecular complexity index is 1200. The van der Waals surface area contributed by atoms with E-state index in [4.69, 9.17) is 42.6 Å². The van der Waals surface area contributed by atoms with Gasteiger partial charge in [0.25, 0.3) is 0 Å². The zero-order chi connectivity index (χ0) is 31.3. The van der Waals surface area contributed by atoms with Gasteiger partial charge in [-0.15, -0.1) is 0 Å². The van der Waals surface area contributed by atoms with Crippen molar-refractivity contribution in [1.29, 1.82) is 0 Å². The van der Waals surface area contributed by atoms with Gasteiger partial charge in [-0.1, -0.05) is 0 Å². The summed E-state index contributed by atoms with van der Waals surface area (Å²) in [5.74, 6) is 0.759. The van der Waals surface area contributed by atoms with Crippen molar-refractivity contribution in [2.24, 2.45) is 0 Å². The number of carbonyl (C=O) groups excluding carboxylic acids is 1. The van der Waals surface area contributed by atoms with E-state index < -0.39 is 74.5 Å². The molecule has 2 fully saturated rings. The van der Waals surface area contributed by atoms with Gasteiger partial charge < -0.3 is 68.2 Å². The highest BCUT2D eigenvalue weighted by atomic mass is 16.7. The molecule has 0 saturated carbocycles. The highest BCUT2D eigenvalue weighted by Crippen LogP contribution is 2.41. The van der Waals surface area contributed by atoms with E-state index in [2.05, 4.69) is 0 Å². The van der Waals surface area contributed by atoms with Gasteiger partial charge in [-0.3, -0.25) is 0 Å². The highest BCUT2D eigenvalue weighted by Gasteiger charge is 2.51. The van der Waals surface area contributed by atoms with Crippen LogP contribution in [0.5, 0.6) is 28.7 Å². The summed E-state index contributed by atoms with van der Waals surface area (Å²) in [7, 11) is 5.73. The van der Waals surface area contributed by atoms with Crippen LogP contribution in [0.4, 0.5) is 0 Å². The fourth-order valence-electron chi connectivity index (χ4n) is 4.52. The fourth-order valence-corrected chi connectivity index (χ4v) is 4.52. The number of methoxy groups -OCH3 is 4. The van der Waals surface area contributed by atoms with Crippen LogP contribution in [-0.2, 0) is 18.9 Å². The molecule has 0 unspecified atom stereocenters. The van der Waals surface area contributed by atoms with Gasteiger partial charge in [0.05, 0.1) is 47.2 Å². The molecule has 2 saturated heterocycles. The molecule has 2 aromatic rings. The molecule has 0 spiro atoms. The van der Waals surface area contributed by atoms with Crippen LogP contribution in [0.15, 0.2) is 36.4 Å². The first kappa shape index (κ1) is 32.5. The Kier molecular flexibility index (Phi) is 10.5. The maximum atomic E-state index is 12.4. The van der Waals surface area contributed by atoms with E-state index in [1.165, 1.54) is 52.7 Å². The molecule has 5 N–H and O–H groups in total. The lowest BCUT2D eigenvalue weighted by Crippen LogP contribution is -2.60. The van der Waals surface area contributed by atoms with Crippen molar-refractivity contribution < 1.29 is 73.0 Å². The van der Waals surface area contributed by atoms with E-state index in [9.17, 15) is 30.3 Å². The van der Waals surface area contributed by atoms with Crippen molar-refractivity contribution in [1.82, 2.24) is 0 Å². The second kappa shape index (κ2) is 13.9. The number of hydrogen-bond donors (Lipinski definition) is 5. The van der Waals surface area contributed by atoms with E-state index in [-0.39, 0.29) is 22.8 Å². The molecular formula is C28H36O15. The van der Waals surface area contributed by atoms with Crippen molar-refractivity contribution in [3.63, 3.8) is 0 Å². The first-order valence-electron chi connectivity index (χ1n) is 13.2. The number of aliphatic hydroxyl groups is 5. The molecule has 0 aliphatic carbocycles. The Balaban J connectivity index is 1.35. The van der Waals surface area contributed by atoms with Crippen molar-refractivity contribution in [3.8, 4) is 28.7 Å². The van der Waals surface area contributed by atoms with Crippen LogP contribution in [0.1, 0.15) is 10.4 Å². The minimum Gasteiger partial charge on any atom is -0.497 e. The van der Waals surface area contributed by atoms with E-state index in [1.54, 1.807) is 12.1 Å². The van der Waals surface area contributed by atoms with Gasteiger partial charge in [-0.2, -0.15) is 0 Å². The summed E-state index contributed by atoms with van der Waals surface area (Å²) in [4.78, 5) is 12.4. The van der Waals surface area contributed by atoms with Gasteiger partial charge in [-0.25, -0.2) is 4.79 Å². The van der Waals surface area contributed by atoms with Gasteiger partial charge in [0.1, 0.15) is 48.6 Å². The van der Waals surface area contributed by atoms with Crippen molar-refractivity contribution in [3.05, 3.63) is 42.0 Å². The topological polar surface area (TPSA) is 201 Å². The van der Waals surface area contributed by atoms with E-state index in [1.807, 2.05) is 0 Å². The molecule has 15 heteroatoms. The molecule has 2 aliphatic rings. The summed E-state index contributed by atoms with van der Waals surface area (Å²) in [6.07, 6.45) is -10.8. The second-order valence-electron chi connectivity index (χ2n) is 9.86. The number of ether oxygens (including phenoxy) is 9. The van der Waals surface area contributed by atoms with Crippen LogP contribution in [0, 0.1) is 0 Å². The molecule has 0 radical (unpaired) electrons. The largest absolute Gasteiger partial charge is 0.497 e. The van der Waals surface area contributed by atoms with Crippen LogP contribution in [-0.4, -0.2) is 128 Å². The summed E-state index contributed by atoms with van der Waals surface area (Å²) in [5, 5.41) is 53.0. The quantitative estimate of drug-likeness (QED) is 0.187. The van der Waals surface area contributed by atoms with Crippen molar-refractivity contribution >= 4 is 5.97 Å². The Morgan fingerprint density at radius 3 is 2.09 bits per heavy atom. The lowest BCUT2D eigenvalue weighted by molar-refractivity contribution is -0.289. The molecule has 2 aromatic carbocycles. The predicted octanol–water partition coefficient (Wildman–Crippen LogP) is -0.771. The molecule has 15 nitrogen and oxygen atoms in total. The zero-order valence-corrected chi connectivity index (χ0v) is 23.9. The van der Waals surface area contributed by atoms with Crippen LogP contribution in [0.2, 0.25) is 0 Å². The lowest BCUT2D eigenvalue weighted by atomic mass is 9.99. The third kappa shape index (κ3) is 7.05. The lowest BCUT2D eigenvalue weighted by Gasteiger charge is -2.40. The third-order valence-corrected chi connectivity index (χ3v) is 7.07. The van der Waals surface area contributed by atoms with Gasteiger partial charge in [0, 0.05) is 12.1 Å². The molecular weight excluding hydrogens is 576 g/mol. The van der Waals surface area contributed by atoms with Crippen LogP contribution in [0.3, 0.4) is 0 Å². The molecule has 0 bridgehead atoms. The Labute approximate surface area is 246 Å². The number of aliphatic hydroxyl groups excluding tert-OH is 4. The average molecular weight is 613 g/mol. The summed E-state index contributed by atoms with van der Waals surface area (Å²) in [5.41, 5.74) is -1.79. The summed E-state index contributed by atoms with van der Waals surface area (Å²) in [6.45, 7) is -1.49. The summed E-state index contributed by atoms with van der Waals surface area (Å²) in [6, 6.07) is 9.01. The molecule has 0 aromatic heterocycles. The minimum atomic E-state index is -1.99. The maximum Gasteiger partial charge on any atom is 0.338 e. The van der Waals surface area contributed by atoms with Crippen LogP contribution < -0.4 is 23.7 Å². The molecule has 2 aliphatic heterocycles. The summed E-state index contributed by atoms with van der Waals surface area (Å²) < 4.78 is 48.4.